The van der Waals surface area contributed by atoms with Gasteiger partial charge in [-0.15, -0.1) is 0 Å². The highest BCUT2D eigenvalue weighted by Crippen LogP contribution is 2.17. The molecule has 0 aliphatic rings. The van der Waals surface area contributed by atoms with Crippen LogP contribution in [0.15, 0.2) is 60.8 Å². The minimum absolute atomic E-state index is 0.0722. The second-order valence-electron chi connectivity index (χ2n) is 6.76. The van der Waals surface area contributed by atoms with E-state index in [0.717, 1.165) is 0 Å². The lowest BCUT2D eigenvalue weighted by Crippen LogP contribution is -2.25. The van der Waals surface area contributed by atoms with E-state index in [9.17, 15) is 19.7 Å². The highest BCUT2D eigenvalue weighted by atomic mass is 16.6. The maximum atomic E-state index is 12.6. The molecule has 166 valence electrons. The molecule has 3 aromatic rings. The van der Waals surface area contributed by atoms with Crippen molar-refractivity contribution in [2.24, 2.45) is 0 Å². The minimum atomic E-state index is -0.497. The zero-order chi connectivity index (χ0) is 22.9. The molecule has 0 aliphatic heterocycles. The molecule has 0 unspecified atom stereocenters. The first-order chi connectivity index (χ1) is 15.5. The average molecular weight is 437 g/mol. The van der Waals surface area contributed by atoms with Crippen LogP contribution in [0.2, 0.25) is 0 Å². The topological polar surface area (TPSA) is 128 Å². The number of hydrogen-bond donors (Lipinski definition) is 2. The molecule has 0 aliphatic carbocycles. The van der Waals surface area contributed by atoms with Crippen LogP contribution < -0.4 is 10.6 Å². The number of carbonyl (C=O) groups excluding carboxylic acids is 2. The van der Waals surface area contributed by atoms with Gasteiger partial charge in [0, 0.05) is 49.3 Å². The Bertz CT molecular complexity index is 1110. The van der Waals surface area contributed by atoms with Gasteiger partial charge in [0.05, 0.1) is 10.6 Å². The number of benzene rings is 2. The number of hydrogen-bond acceptors (Lipinski definition) is 6. The zero-order valence-corrected chi connectivity index (χ0v) is 17.5. The van der Waals surface area contributed by atoms with E-state index in [0.29, 0.717) is 43.1 Å². The number of rotatable bonds is 10. The second kappa shape index (κ2) is 10.8. The van der Waals surface area contributed by atoms with Gasteiger partial charge in [-0.3, -0.25) is 19.7 Å². The monoisotopic (exact) mass is 437 g/mol. The molecule has 10 heteroatoms. The van der Waals surface area contributed by atoms with E-state index in [1.54, 1.807) is 42.6 Å². The van der Waals surface area contributed by atoms with Gasteiger partial charge in [0.15, 0.2) is 5.69 Å². The molecule has 0 atom stereocenters. The fraction of sp³-hybridized carbons (Fsp3) is 0.227. The first-order valence-corrected chi connectivity index (χ1v) is 10.1. The van der Waals surface area contributed by atoms with Crippen LogP contribution >= 0.6 is 0 Å². The van der Waals surface area contributed by atoms with Crippen molar-refractivity contribution in [1.82, 2.24) is 15.1 Å². The van der Waals surface area contributed by atoms with Gasteiger partial charge in [-0.1, -0.05) is 12.1 Å². The number of amides is 2. The van der Waals surface area contributed by atoms with Gasteiger partial charge in [0.2, 0.25) is 0 Å². The summed E-state index contributed by atoms with van der Waals surface area (Å²) in [7, 11) is 0. The summed E-state index contributed by atoms with van der Waals surface area (Å²) in [4.78, 5) is 35.3. The SMILES string of the molecule is CCOCCCNC(=O)c1cccc(NC(=O)c2ccn(-c3cccc([N+](=O)[O-])c3)n2)c1. The Morgan fingerprint density at radius 2 is 1.94 bits per heavy atom. The normalized spacial score (nSPS) is 10.5. The summed E-state index contributed by atoms with van der Waals surface area (Å²) in [5, 5.41) is 20.7. The van der Waals surface area contributed by atoms with E-state index >= 15 is 0 Å². The number of non-ortho nitro benzene ring substituents is 1. The summed E-state index contributed by atoms with van der Waals surface area (Å²) in [5.74, 6) is -0.712. The Labute approximate surface area is 184 Å². The third-order valence-corrected chi connectivity index (χ3v) is 4.46. The van der Waals surface area contributed by atoms with Crippen molar-refractivity contribution < 1.29 is 19.2 Å². The summed E-state index contributed by atoms with van der Waals surface area (Å²) in [6.45, 7) is 3.62. The first kappa shape index (κ1) is 22.6. The molecule has 1 heterocycles. The zero-order valence-electron chi connectivity index (χ0n) is 17.5. The Hall–Kier alpha value is -4.05. The molecule has 0 fully saturated rings. The van der Waals surface area contributed by atoms with Crippen molar-refractivity contribution >= 4 is 23.2 Å². The summed E-state index contributed by atoms with van der Waals surface area (Å²) in [6, 6.07) is 14.0. The summed E-state index contributed by atoms with van der Waals surface area (Å²) >= 11 is 0. The van der Waals surface area contributed by atoms with E-state index in [4.69, 9.17) is 4.74 Å². The Balaban J connectivity index is 1.63. The lowest BCUT2D eigenvalue weighted by atomic mass is 10.2. The summed E-state index contributed by atoms with van der Waals surface area (Å²) < 4.78 is 6.62. The third-order valence-electron chi connectivity index (χ3n) is 4.46. The van der Waals surface area contributed by atoms with Crippen LogP contribution in [0.4, 0.5) is 11.4 Å². The summed E-state index contributed by atoms with van der Waals surface area (Å²) in [6.07, 6.45) is 2.25. The third kappa shape index (κ3) is 5.99. The number of nitrogens with zero attached hydrogens (tertiary/aromatic N) is 3. The van der Waals surface area contributed by atoms with Crippen LogP contribution in [0, 0.1) is 10.1 Å². The van der Waals surface area contributed by atoms with E-state index < -0.39 is 10.8 Å². The molecular formula is C22H23N5O5. The number of nitrogens with one attached hydrogen (secondary N) is 2. The van der Waals surface area contributed by atoms with Crippen molar-refractivity contribution in [3.8, 4) is 5.69 Å². The molecule has 32 heavy (non-hydrogen) atoms. The van der Waals surface area contributed by atoms with E-state index in [-0.39, 0.29) is 17.3 Å². The largest absolute Gasteiger partial charge is 0.382 e. The molecule has 2 N–H and O–H groups in total. The van der Waals surface area contributed by atoms with Gasteiger partial charge in [0.1, 0.15) is 0 Å². The van der Waals surface area contributed by atoms with Gasteiger partial charge in [-0.05, 0) is 43.7 Å². The van der Waals surface area contributed by atoms with Crippen molar-refractivity contribution in [2.45, 2.75) is 13.3 Å². The number of ether oxygens (including phenoxy) is 1. The number of aromatic nitrogens is 2. The van der Waals surface area contributed by atoms with Gasteiger partial charge >= 0.3 is 0 Å². The number of carbonyl (C=O) groups is 2. The molecule has 0 saturated carbocycles. The lowest BCUT2D eigenvalue weighted by molar-refractivity contribution is -0.384. The van der Waals surface area contributed by atoms with Crippen LogP contribution in [0.1, 0.15) is 34.2 Å². The predicted octanol–water partition coefficient (Wildman–Crippen LogP) is 3.19. The van der Waals surface area contributed by atoms with Gasteiger partial charge < -0.3 is 15.4 Å². The molecular weight excluding hydrogens is 414 g/mol. The fourth-order valence-corrected chi connectivity index (χ4v) is 2.89. The Morgan fingerprint density at radius 3 is 2.72 bits per heavy atom. The minimum Gasteiger partial charge on any atom is -0.382 e. The molecule has 0 saturated heterocycles. The maximum Gasteiger partial charge on any atom is 0.276 e. The van der Waals surface area contributed by atoms with Crippen LogP contribution in [0.5, 0.6) is 0 Å². The fourth-order valence-electron chi connectivity index (χ4n) is 2.89. The molecule has 3 rings (SSSR count). The molecule has 10 nitrogen and oxygen atoms in total. The van der Waals surface area contributed by atoms with E-state index in [2.05, 4.69) is 15.7 Å². The Morgan fingerprint density at radius 1 is 1.12 bits per heavy atom. The van der Waals surface area contributed by atoms with E-state index in [1.165, 1.54) is 22.9 Å². The standard InChI is InChI=1S/C22H23N5O5/c1-2-32-13-5-11-23-21(28)16-6-3-7-17(14-16)24-22(29)20-10-12-26(25-20)18-8-4-9-19(15-18)27(30)31/h3-4,6-10,12,14-15H,2,5,11,13H2,1H3,(H,23,28)(H,24,29). The number of nitro benzene ring substituents is 1. The van der Waals surface area contributed by atoms with Crippen LogP contribution in [0.25, 0.3) is 5.69 Å². The van der Waals surface area contributed by atoms with Crippen LogP contribution in [-0.4, -0.2) is 46.3 Å². The van der Waals surface area contributed by atoms with E-state index in [1.807, 2.05) is 6.92 Å². The van der Waals surface area contributed by atoms with Crippen LogP contribution in [-0.2, 0) is 4.74 Å². The molecule has 0 spiro atoms. The highest BCUT2D eigenvalue weighted by Gasteiger charge is 2.13. The van der Waals surface area contributed by atoms with Gasteiger partial charge in [-0.2, -0.15) is 5.10 Å². The molecule has 0 radical (unpaired) electrons. The van der Waals surface area contributed by atoms with Crippen molar-refractivity contribution in [3.05, 3.63) is 82.2 Å². The second-order valence-corrected chi connectivity index (χ2v) is 6.76. The van der Waals surface area contributed by atoms with Crippen LogP contribution in [0.3, 0.4) is 0 Å². The molecule has 1 aromatic heterocycles. The van der Waals surface area contributed by atoms with Gasteiger partial charge in [0.25, 0.3) is 17.5 Å². The quantitative estimate of drug-likeness (QED) is 0.285. The first-order valence-electron chi connectivity index (χ1n) is 10.1. The highest BCUT2D eigenvalue weighted by molar-refractivity contribution is 6.03. The van der Waals surface area contributed by atoms with Crippen molar-refractivity contribution in [1.29, 1.82) is 0 Å². The Kier molecular flexibility index (Phi) is 7.65. The van der Waals surface area contributed by atoms with Crippen molar-refractivity contribution in [2.75, 3.05) is 25.1 Å². The lowest BCUT2D eigenvalue weighted by Gasteiger charge is -2.08. The average Bonchev–Trinajstić information content (AvgIpc) is 3.30. The molecule has 2 aromatic carbocycles. The summed E-state index contributed by atoms with van der Waals surface area (Å²) in [5.41, 5.74) is 1.38. The van der Waals surface area contributed by atoms with Gasteiger partial charge in [-0.25, -0.2) is 4.68 Å². The number of anilines is 1. The van der Waals surface area contributed by atoms with Crippen molar-refractivity contribution in [3.63, 3.8) is 0 Å². The number of nitro groups is 1. The molecule has 0 bridgehead atoms. The maximum absolute atomic E-state index is 12.6. The smallest absolute Gasteiger partial charge is 0.276 e. The molecule has 2 amide bonds. The predicted molar refractivity (Wildman–Crippen MR) is 118 cm³/mol.